The molecule has 2 aromatic carbocycles. The summed E-state index contributed by atoms with van der Waals surface area (Å²) in [6.07, 6.45) is 1.41. The van der Waals surface area contributed by atoms with E-state index in [2.05, 4.69) is 18.2 Å². The molecule has 0 fully saturated rings. The molecule has 6 nitrogen and oxygen atoms in total. The van der Waals surface area contributed by atoms with E-state index in [4.69, 9.17) is 25.9 Å². The normalized spacial score (nSPS) is 17.2. The van der Waals surface area contributed by atoms with Gasteiger partial charge in [0.1, 0.15) is 21.3 Å². The van der Waals surface area contributed by atoms with E-state index in [1.165, 1.54) is 11.3 Å². The van der Waals surface area contributed by atoms with E-state index in [1.807, 2.05) is 36.4 Å². The van der Waals surface area contributed by atoms with Crippen molar-refractivity contribution in [3.63, 3.8) is 0 Å². The zero-order valence-corrected chi connectivity index (χ0v) is 20.7. The summed E-state index contributed by atoms with van der Waals surface area (Å²) in [5.74, 6) is 0.451. The van der Waals surface area contributed by atoms with Gasteiger partial charge in [0.05, 0.1) is 22.4 Å². The van der Waals surface area contributed by atoms with E-state index in [-0.39, 0.29) is 12.5 Å². The average molecular weight is 502 g/mol. The Labute approximate surface area is 210 Å². The number of anilines is 1. The molecule has 2 aliphatic rings. The highest BCUT2D eigenvalue weighted by atomic mass is 32.1. The van der Waals surface area contributed by atoms with Crippen molar-refractivity contribution in [3.05, 3.63) is 92.8 Å². The number of thiazole rings is 1. The Morgan fingerprint density at radius 2 is 1.83 bits per heavy atom. The van der Waals surface area contributed by atoms with Gasteiger partial charge in [-0.3, -0.25) is 0 Å². The fraction of sp³-hybridized carbons (Fsp3) is 0.185. The highest BCUT2D eigenvalue weighted by molar-refractivity contribution is 7.19. The highest BCUT2D eigenvalue weighted by Crippen LogP contribution is 2.55. The number of ether oxygens (including phenoxy) is 2. The lowest BCUT2D eigenvalue weighted by Gasteiger charge is -2.34. The molecule has 0 radical (unpaired) electrons. The topological polar surface area (TPSA) is 100 Å². The van der Waals surface area contributed by atoms with Crippen molar-refractivity contribution < 1.29 is 14.3 Å². The van der Waals surface area contributed by atoms with Crippen LogP contribution >= 0.6 is 22.7 Å². The Morgan fingerprint density at radius 3 is 2.60 bits per heavy atom. The molecule has 1 aliphatic carbocycles. The standard InChI is InChI=1S/C27H23N3O3S2/c1-2-32-27(31)23-21-18(34-25(23)29)13-12-16-20(21)19(14-8-4-3-5-9-14)22(24(28)33-16)26-30-15-10-6-7-11-17(15)35-26/h3-11,19H,2,12-13,28-29H2,1H3. The van der Waals surface area contributed by atoms with Crippen molar-refractivity contribution in [1.82, 2.24) is 4.98 Å². The molecule has 0 saturated carbocycles. The number of nitrogens with two attached hydrogens (primary N) is 2. The van der Waals surface area contributed by atoms with Gasteiger partial charge in [0.2, 0.25) is 0 Å². The monoisotopic (exact) mass is 501 g/mol. The molecule has 4 N–H and O–H groups in total. The maximum Gasteiger partial charge on any atom is 0.341 e. The molecular weight excluding hydrogens is 478 g/mol. The summed E-state index contributed by atoms with van der Waals surface area (Å²) in [6.45, 7) is 2.07. The van der Waals surface area contributed by atoms with Gasteiger partial charge in [0.25, 0.3) is 0 Å². The Hall–Kier alpha value is -3.62. The number of benzene rings is 2. The second-order valence-electron chi connectivity index (χ2n) is 8.41. The number of hydrogen-bond acceptors (Lipinski definition) is 8. The SMILES string of the molecule is CCOC(=O)c1c(N)sc2c1C1=C(CC2)OC(N)=C(c2nc3ccccc3s2)C1c1ccccc1. The summed E-state index contributed by atoms with van der Waals surface area (Å²) in [5.41, 5.74) is 18.0. The maximum atomic E-state index is 13.0. The van der Waals surface area contributed by atoms with Crippen LogP contribution in [0.25, 0.3) is 21.4 Å². The van der Waals surface area contributed by atoms with Crippen LogP contribution in [0.3, 0.4) is 0 Å². The summed E-state index contributed by atoms with van der Waals surface area (Å²) in [4.78, 5) is 19.0. The second-order valence-corrected chi connectivity index (χ2v) is 10.6. The largest absolute Gasteiger partial charge is 0.462 e. The van der Waals surface area contributed by atoms with E-state index >= 15 is 0 Å². The van der Waals surface area contributed by atoms with Gasteiger partial charge >= 0.3 is 5.97 Å². The first-order valence-electron chi connectivity index (χ1n) is 11.5. The van der Waals surface area contributed by atoms with E-state index < -0.39 is 5.97 Å². The van der Waals surface area contributed by atoms with Gasteiger partial charge in [-0.15, -0.1) is 22.7 Å². The van der Waals surface area contributed by atoms with E-state index in [9.17, 15) is 4.79 Å². The molecule has 2 aromatic heterocycles. The number of thiophene rings is 1. The lowest BCUT2D eigenvalue weighted by Crippen LogP contribution is -2.24. The minimum Gasteiger partial charge on any atom is -0.462 e. The molecule has 1 aliphatic heterocycles. The quantitative estimate of drug-likeness (QED) is 0.337. The van der Waals surface area contributed by atoms with Crippen LogP contribution < -0.4 is 11.5 Å². The first kappa shape index (κ1) is 21.9. The third kappa shape index (κ3) is 3.52. The number of carbonyl (C=O) groups excluding carboxylic acids is 1. The molecule has 35 heavy (non-hydrogen) atoms. The van der Waals surface area contributed by atoms with Crippen molar-refractivity contribution in [3.8, 4) is 0 Å². The Kier molecular flexibility index (Phi) is 5.35. The van der Waals surface area contributed by atoms with Gasteiger partial charge in [0.15, 0.2) is 5.88 Å². The van der Waals surface area contributed by atoms with Crippen LogP contribution in [0.4, 0.5) is 5.00 Å². The lowest BCUT2D eigenvalue weighted by atomic mass is 9.76. The van der Waals surface area contributed by atoms with Crippen LogP contribution in [0.5, 0.6) is 0 Å². The van der Waals surface area contributed by atoms with Gasteiger partial charge in [-0.25, -0.2) is 9.78 Å². The molecule has 0 spiro atoms. The molecule has 3 heterocycles. The van der Waals surface area contributed by atoms with Crippen molar-refractivity contribution >= 4 is 55.0 Å². The summed E-state index contributed by atoms with van der Waals surface area (Å²) < 4.78 is 12.8. The fourth-order valence-corrected chi connectivity index (χ4v) is 7.06. The predicted molar refractivity (Wildman–Crippen MR) is 141 cm³/mol. The van der Waals surface area contributed by atoms with Crippen LogP contribution in [-0.2, 0) is 15.9 Å². The fourth-order valence-electron chi connectivity index (χ4n) is 4.95. The number of nitrogen functional groups attached to an aromatic ring is 1. The molecule has 8 heteroatoms. The summed E-state index contributed by atoms with van der Waals surface area (Å²) in [6, 6.07) is 18.2. The number of hydrogen-bond donors (Lipinski definition) is 2. The van der Waals surface area contributed by atoms with Gasteiger partial charge in [-0.05, 0) is 31.0 Å². The Bertz CT molecular complexity index is 1500. The third-order valence-corrected chi connectivity index (χ3v) is 8.52. The number of para-hydroxylation sites is 1. The molecule has 176 valence electrons. The summed E-state index contributed by atoms with van der Waals surface area (Å²) in [5, 5.41) is 1.27. The van der Waals surface area contributed by atoms with E-state index in [1.54, 1.807) is 18.3 Å². The van der Waals surface area contributed by atoms with Crippen LogP contribution in [0.1, 0.15) is 50.6 Å². The van der Waals surface area contributed by atoms with Crippen LogP contribution in [-0.4, -0.2) is 17.6 Å². The smallest absolute Gasteiger partial charge is 0.341 e. The molecule has 6 rings (SSSR count). The molecule has 4 aromatic rings. The number of allylic oxidation sites excluding steroid dienone is 3. The minimum atomic E-state index is -0.410. The molecule has 0 bridgehead atoms. The number of aromatic nitrogens is 1. The van der Waals surface area contributed by atoms with Crippen LogP contribution in [0.2, 0.25) is 0 Å². The molecule has 0 amide bonds. The Morgan fingerprint density at radius 1 is 1.06 bits per heavy atom. The van der Waals surface area contributed by atoms with E-state index in [0.717, 1.165) is 54.6 Å². The molecular formula is C27H23N3O3S2. The average Bonchev–Trinajstić information content (AvgIpc) is 3.44. The lowest BCUT2D eigenvalue weighted by molar-refractivity contribution is 0.0527. The summed E-state index contributed by atoms with van der Waals surface area (Å²) in [7, 11) is 0. The zero-order chi connectivity index (χ0) is 24.1. The molecule has 1 atom stereocenters. The first-order chi connectivity index (χ1) is 17.1. The van der Waals surface area contributed by atoms with Crippen molar-refractivity contribution in [2.75, 3.05) is 12.3 Å². The first-order valence-corrected chi connectivity index (χ1v) is 13.1. The zero-order valence-electron chi connectivity index (χ0n) is 19.0. The van der Waals surface area contributed by atoms with Crippen molar-refractivity contribution in [1.29, 1.82) is 0 Å². The third-order valence-electron chi connectivity index (χ3n) is 6.37. The van der Waals surface area contributed by atoms with Crippen molar-refractivity contribution in [2.45, 2.75) is 25.7 Å². The number of carbonyl (C=O) groups is 1. The van der Waals surface area contributed by atoms with E-state index in [0.29, 0.717) is 22.9 Å². The number of nitrogens with zero attached hydrogens (tertiary/aromatic N) is 1. The maximum absolute atomic E-state index is 13.0. The number of aryl methyl sites for hydroxylation is 1. The van der Waals surface area contributed by atoms with Crippen molar-refractivity contribution in [2.24, 2.45) is 5.73 Å². The minimum absolute atomic E-state index is 0.262. The number of rotatable bonds is 4. The molecule has 0 saturated heterocycles. The van der Waals surface area contributed by atoms with Gasteiger partial charge in [-0.2, -0.15) is 0 Å². The predicted octanol–water partition coefficient (Wildman–Crippen LogP) is 5.92. The summed E-state index contributed by atoms with van der Waals surface area (Å²) >= 11 is 3.04. The highest BCUT2D eigenvalue weighted by Gasteiger charge is 2.41. The number of esters is 1. The molecule has 1 unspecified atom stereocenters. The second kappa shape index (κ2) is 8.55. The Balaban J connectivity index is 1.60. The van der Waals surface area contributed by atoms with Gasteiger partial charge in [0, 0.05) is 28.4 Å². The van der Waals surface area contributed by atoms with Gasteiger partial charge < -0.3 is 20.9 Å². The van der Waals surface area contributed by atoms with Gasteiger partial charge in [-0.1, -0.05) is 42.5 Å². The number of fused-ring (bicyclic) bond motifs is 3. The van der Waals surface area contributed by atoms with Crippen LogP contribution in [0, 0.1) is 0 Å². The van der Waals surface area contributed by atoms with Crippen LogP contribution in [0.15, 0.2) is 66.2 Å².